The van der Waals surface area contributed by atoms with Gasteiger partial charge in [-0.3, -0.25) is 0 Å². The van der Waals surface area contributed by atoms with Crippen molar-refractivity contribution in [1.29, 1.82) is 0 Å². The zero-order valence-electron chi connectivity index (χ0n) is 13.9. The van der Waals surface area contributed by atoms with Gasteiger partial charge in [-0.15, -0.1) is 0 Å². The fourth-order valence-corrected chi connectivity index (χ4v) is 3.17. The lowest BCUT2D eigenvalue weighted by Crippen LogP contribution is -2.05. The Bertz CT molecular complexity index is 873. The molecule has 25 heavy (non-hydrogen) atoms. The van der Waals surface area contributed by atoms with Crippen LogP contribution in [0.2, 0.25) is 10.0 Å². The van der Waals surface area contributed by atoms with Crippen LogP contribution in [0.25, 0.3) is 11.3 Å². The maximum Gasteiger partial charge on any atom is 0.146 e. The SMILES string of the molecule is [B]c1cccc(OCc2c(-c3c(Cl)cccc3Cl)noc2C(C)C)c1. The number of hydrogen-bond donors (Lipinski definition) is 0. The summed E-state index contributed by atoms with van der Waals surface area (Å²) in [5, 5.41) is 5.24. The molecule has 0 aliphatic carbocycles. The molecule has 0 aliphatic heterocycles. The van der Waals surface area contributed by atoms with E-state index in [-0.39, 0.29) is 12.5 Å². The predicted octanol–water partition coefficient (Wildman–Crippen LogP) is 5.14. The number of hydrogen-bond acceptors (Lipinski definition) is 3. The molecule has 1 heterocycles. The van der Waals surface area contributed by atoms with Crippen molar-refractivity contribution in [2.75, 3.05) is 0 Å². The summed E-state index contributed by atoms with van der Waals surface area (Å²) in [6, 6.07) is 12.6. The van der Waals surface area contributed by atoms with Crippen LogP contribution >= 0.6 is 23.2 Å². The van der Waals surface area contributed by atoms with Crippen LogP contribution in [-0.4, -0.2) is 13.0 Å². The summed E-state index contributed by atoms with van der Waals surface area (Å²) in [5.41, 5.74) is 2.71. The van der Waals surface area contributed by atoms with E-state index < -0.39 is 0 Å². The van der Waals surface area contributed by atoms with Gasteiger partial charge in [0.05, 0.1) is 15.6 Å². The van der Waals surface area contributed by atoms with Crippen LogP contribution < -0.4 is 10.2 Å². The van der Waals surface area contributed by atoms with Gasteiger partial charge in [0.2, 0.25) is 0 Å². The van der Waals surface area contributed by atoms with Crippen LogP contribution in [0.1, 0.15) is 31.1 Å². The Labute approximate surface area is 158 Å². The van der Waals surface area contributed by atoms with Crippen LogP contribution in [0.3, 0.4) is 0 Å². The van der Waals surface area contributed by atoms with Crippen LogP contribution in [-0.2, 0) is 6.61 Å². The fraction of sp³-hybridized carbons (Fsp3) is 0.211. The molecule has 0 fully saturated rings. The van der Waals surface area contributed by atoms with Crippen LogP contribution in [0.4, 0.5) is 0 Å². The quantitative estimate of drug-likeness (QED) is 0.582. The van der Waals surface area contributed by atoms with Crippen LogP contribution in [0.5, 0.6) is 5.75 Å². The van der Waals surface area contributed by atoms with Gasteiger partial charge >= 0.3 is 0 Å². The molecule has 3 nitrogen and oxygen atoms in total. The highest BCUT2D eigenvalue weighted by Crippen LogP contribution is 2.38. The van der Waals surface area contributed by atoms with Crippen molar-refractivity contribution in [2.45, 2.75) is 26.4 Å². The molecular formula is C19H16BCl2NO2. The average molecular weight is 372 g/mol. The van der Waals surface area contributed by atoms with E-state index in [1.807, 2.05) is 26.0 Å². The molecule has 0 atom stereocenters. The van der Waals surface area contributed by atoms with E-state index in [4.69, 9.17) is 40.3 Å². The Morgan fingerprint density at radius 1 is 1.12 bits per heavy atom. The molecule has 0 amide bonds. The monoisotopic (exact) mass is 371 g/mol. The first-order chi connectivity index (χ1) is 12.0. The average Bonchev–Trinajstić information content (AvgIpc) is 2.97. The van der Waals surface area contributed by atoms with Crippen molar-refractivity contribution in [2.24, 2.45) is 0 Å². The van der Waals surface area contributed by atoms with E-state index in [2.05, 4.69) is 5.16 Å². The van der Waals surface area contributed by atoms with E-state index in [9.17, 15) is 0 Å². The number of rotatable bonds is 5. The minimum Gasteiger partial charge on any atom is -0.489 e. The molecule has 0 N–H and O–H groups in total. The van der Waals surface area contributed by atoms with Gasteiger partial charge in [0, 0.05) is 11.5 Å². The summed E-state index contributed by atoms with van der Waals surface area (Å²) in [5.74, 6) is 1.56. The second kappa shape index (κ2) is 7.55. The van der Waals surface area contributed by atoms with Gasteiger partial charge in [-0.1, -0.05) is 65.9 Å². The van der Waals surface area contributed by atoms with Crippen molar-refractivity contribution < 1.29 is 9.26 Å². The van der Waals surface area contributed by atoms with Gasteiger partial charge < -0.3 is 9.26 Å². The third kappa shape index (κ3) is 3.86. The number of halogens is 2. The van der Waals surface area contributed by atoms with E-state index >= 15 is 0 Å². The number of benzene rings is 2. The molecule has 0 aliphatic rings. The Morgan fingerprint density at radius 2 is 1.80 bits per heavy atom. The molecule has 1 aromatic heterocycles. The first-order valence-corrected chi connectivity index (χ1v) is 8.64. The zero-order valence-corrected chi connectivity index (χ0v) is 15.4. The smallest absolute Gasteiger partial charge is 0.146 e. The lowest BCUT2D eigenvalue weighted by molar-refractivity contribution is 0.298. The normalized spacial score (nSPS) is 11.1. The predicted molar refractivity (Wildman–Crippen MR) is 102 cm³/mol. The molecule has 3 aromatic rings. The van der Waals surface area contributed by atoms with Crippen molar-refractivity contribution >= 4 is 36.5 Å². The summed E-state index contributed by atoms with van der Waals surface area (Å²) in [7, 11) is 5.80. The minimum atomic E-state index is 0.141. The number of nitrogens with zero attached hydrogens (tertiary/aromatic N) is 1. The molecule has 0 unspecified atom stereocenters. The lowest BCUT2D eigenvalue weighted by atomic mass is 9.96. The molecule has 2 aromatic carbocycles. The molecule has 6 heteroatoms. The Morgan fingerprint density at radius 3 is 2.44 bits per heavy atom. The third-order valence-electron chi connectivity index (χ3n) is 3.78. The van der Waals surface area contributed by atoms with Gasteiger partial charge in [-0.25, -0.2) is 0 Å². The topological polar surface area (TPSA) is 35.3 Å². The molecule has 0 saturated carbocycles. The van der Waals surface area contributed by atoms with Crippen molar-refractivity contribution in [1.82, 2.24) is 5.16 Å². The Kier molecular flexibility index (Phi) is 5.40. The highest BCUT2D eigenvalue weighted by molar-refractivity contribution is 6.39. The van der Waals surface area contributed by atoms with Gasteiger partial charge in [-0.2, -0.15) is 0 Å². The molecular weight excluding hydrogens is 356 g/mol. The van der Waals surface area contributed by atoms with Gasteiger partial charge in [0.15, 0.2) is 0 Å². The van der Waals surface area contributed by atoms with Crippen molar-refractivity contribution in [3.8, 4) is 17.0 Å². The number of aromatic nitrogens is 1. The zero-order chi connectivity index (χ0) is 18.0. The van der Waals surface area contributed by atoms with E-state index in [1.54, 1.807) is 30.3 Å². The summed E-state index contributed by atoms with van der Waals surface area (Å²) in [6.45, 7) is 4.34. The second-order valence-corrected chi connectivity index (χ2v) is 6.80. The first-order valence-electron chi connectivity index (χ1n) is 7.88. The van der Waals surface area contributed by atoms with Gasteiger partial charge in [0.1, 0.15) is 31.7 Å². The molecule has 126 valence electrons. The molecule has 0 bridgehead atoms. The molecule has 0 saturated heterocycles. The summed E-state index contributed by atoms with van der Waals surface area (Å²) in [6.07, 6.45) is 0. The molecule has 2 radical (unpaired) electrons. The van der Waals surface area contributed by atoms with Crippen molar-refractivity contribution in [3.05, 3.63) is 63.8 Å². The van der Waals surface area contributed by atoms with Gasteiger partial charge in [0.25, 0.3) is 0 Å². The van der Waals surface area contributed by atoms with E-state index in [0.29, 0.717) is 32.5 Å². The maximum absolute atomic E-state index is 6.34. The van der Waals surface area contributed by atoms with Crippen LogP contribution in [0.15, 0.2) is 47.0 Å². The number of ether oxygens (including phenoxy) is 1. The summed E-state index contributed by atoms with van der Waals surface area (Å²) < 4.78 is 11.5. The van der Waals surface area contributed by atoms with E-state index in [0.717, 1.165) is 11.3 Å². The standard InChI is InChI=1S/C19H16BCl2NO2/c1-11(2)19-14(10-24-13-6-3-5-12(20)9-13)18(23-25-19)17-15(21)7-4-8-16(17)22/h3-9,11H,10H2,1-2H3. The Balaban J connectivity index is 2.01. The molecule has 0 spiro atoms. The van der Waals surface area contributed by atoms with Crippen LogP contribution in [0, 0.1) is 0 Å². The van der Waals surface area contributed by atoms with Gasteiger partial charge in [-0.05, 0) is 24.3 Å². The Hall–Kier alpha value is -1.91. The highest BCUT2D eigenvalue weighted by Gasteiger charge is 2.23. The second-order valence-electron chi connectivity index (χ2n) is 5.99. The minimum absolute atomic E-state index is 0.141. The van der Waals surface area contributed by atoms with E-state index in [1.165, 1.54) is 0 Å². The summed E-state index contributed by atoms with van der Waals surface area (Å²) >= 11 is 12.7. The summed E-state index contributed by atoms with van der Waals surface area (Å²) in [4.78, 5) is 0. The third-order valence-corrected chi connectivity index (χ3v) is 4.41. The maximum atomic E-state index is 6.34. The largest absolute Gasteiger partial charge is 0.489 e. The molecule has 3 rings (SSSR count). The lowest BCUT2D eigenvalue weighted by Gasteiger charge is -2.11. The fourth-order valence-electron chi connectivity index (χ4n) is 2.60. The van der Waals surface area contributed by atoms with Crippen molar-refractivity contribution in [3.63, 3.8) is 0 Å². The first kappa shape index (κ1) is 17.9. The highest BCUT2D eigenvalue weighted by atomic mass is 35.5.